The van der Waals surface area contributed by atoms with Crippen molar-refractivity contribution in [3.63, 3.8) is 0 Å². The van der Waals surface area contributed by atoms with Crippen LogP contribution in [0.5, 0.6) is 11.5 Å². The van der Waals surface area contributed by atoms with E-state index in [0.717, 1.165) is 11.3 Å². The van der Waals surface area contributed by atoms with Gasteiger partial charge >= 0.3 is 11.9 Å². The fraction of sp³-hybridized carbons (Fsp3) is 0.333. The molecule has 0 aliphatic heterocycles. The maximum absolute atomic E-state index is 13.0. The molecule has 1 aromatic carbocycles. The highest BCUT2D eigenvalue weighted by Crippen LogP contribution is 2.32. The molecule has 9 heteroatoms. The van der Waals surface area contributed by atoms with Gasteiger partial charge < -0.3 is 18.9 Å². The van der Waals surface area contributed by atoms with Crippen LogP contribution in [0.3, 0.4) is 0 Å². The van der Waals surface area contributed by atoms with Gasteiger partial charge in [-0.2, -0.15) is 5.26 Å². The SMILES string of the molecule is CCOC(=O)c1sc(CC(=O)C(C#N)=Cc2ccc(OC)cc2OC)c(C(=O)OCC)c1C. The maximum atomic E-state index is 13.0. The van der Waals surface area contributed by atoms with E-state index in [4.69, 9.17) is 18.9 Å². The van der Waals surface area contributed by atoms with Crippen molar-refractivity contribution >= 4 is 35.1 Å². The summed E-state index contributed by atoms with van der Waals surface area (Å²) in [5.74, 6) is -0.739. The summed E-state index contributed by atoms with van der Waals surface area (Å²) in [7, 11) is 2.99. The molecule has 2 aromatic rings. The predicted molar refractivity (Wildman–Crippen MR) is 123 cm³/mol. The van der Waals surface area contributed by atoms with Crippen molar-refractivity contribution in [2.45, 2.75) is 27.2 Å². The van der Waals surface area contributed by atoms with Gasteiger partial charge in [-0.25, -0.2) is 9.59 Å². The van der Waals surface area contributed by atoms with Gasteiger partial charge in [0.15, 0.2) is 5.78 Å². The van der Waals surface area contributed by atoms with Crippen molar-refractivity contribution in [3.05, 3.63) is 50.2 Å². The van der Waals surface area contributed by atoms with Crippen LogP contribution in [0.1, 0.15) is 49.9 Å². The number of ether oxygens (including phenoxy) is 4. The van der Waals surface area contributed by atoms with E-state index in [2.05, 4.69) is 0 Å². The number of allylic oxidation sites excluding steroid dienone is 1. The van der Waals surface area contributed by atoms with Crippen LogP contribution in [-0.2, 0) is 20.7 Å². The number of esters is 2. The van der Waals surface area contributed by atoms with E-state index in [1.54, 1.807) is 39.0 Å². The van der Waals surface area contributed by atoms with E-state index >= 15 is 0 Å². The molecule has 0 fully saturated rings. The molecule has 0 atom stereocenters. The minimum absolute atomic E-state index is 0.128. The summed E-state index contributed by atoms with van der Waals surface area (Å²) in [5, 5.41) is 9.61. The summed E-state index contributed by atoms with van der Waals surface area (Å²) in [4.78, 5) is 38.4. The smallest absolute Gasteiger partial charge is 0.348 e. The number of carbonyl (C=O) groups excluding carboxylic acids is 3. The molecule has 0 N–H and O–H groups in total. The third-order valence-corrected chi connectivity index (χ3v) is 5.91. The average molecular weight is 472 g/mol. The van der Waals surface area contributed by atoms with Crippen molar-refractivity contribution in [3.8, 4) is 17.6 Å². The molecule has 0 aliphatic rings. The summed E-state index contributed by atoms with van der Waals surface area (Å²) in [6.07, 6.45) is 1.16. The molecule has 0 aliphatic carbocycles. The second-order valence-electron chi connectivity index (χ2n) is 6.67. The minimum Gasteiger partial charge on any atom is -0.497 e. The second-order valence-corrected chi connectivity index (χ2v) is 7.78. The minimum atomic E-state index is -0.635. The quantitative estimate of drug-likeness (QED) is 0.289. The summed E-state index contributed by atoms with van der Waals surface area (Å²) in [6, 6.07) is 6.90. The van der Waals surface area contributed by atoms with E-state index in [0.29, 0.717) is 27.5 Å². The number of hydrogen-bond acceptors (Lipinski definition) is 9. The van der Waals surface area contributed by atoms with Crippen LogP contribution in [0.4, 0.5) is 0 Å². The lowest BCUT2D eigenvalue weighted by Gasteiger charge is -2.08. The number of nitriles is 1. The Kier molecular flexibility index (Phi) is 9.18. The highest BCUT2D eigenvalue weighted by Gasteiger charge is 2.28. The molecule has 1 aromatic heterocycles. The number of carbonyl (C=O) groups is 3. The first-order chi connectivity index (χ1) is 15.8. The summed E-state index contributed by atoms with van der Waals surface area (Å²) in [5.41, 5.74) is 0.928. The van der Waals surface area contributed by atoms with Crippen molar-refractivity contribution in [2.24, 2.45) is 0 Å². The van der Waals surface area contributed by atoms with Gasteiger partial charge in [0.05, 0.1) is 38.6 Å². The predicted octanol–water partition coefficient (Wildman–Crippen LogP) is 4.15. The molecule has 8 nitrogen and oxygen atoms in total. The Morgan fingerprint density at radius 3 is 2.30 bits per heavy atom. The van der Waals surface area contributed by atoms with Crippen molar-refractivity contribution in [1.29, 1.82) is 5.26 Å². The zero-order valence-electron chi connectivity index (χ0n) is 19.1. The van der Waals surface area contributed by atoms with Gasteiger partial charge in [0, 0.05) is 22.9 Å². The van der Waals surface area contributed by atoms with Crippen molar-refractivity contribution in [2.75, 3.05) is 27.4 Å². The van der Waals surface area contributed by atoms with Crippen LogP contribution < -0.4 is 9.47 Å². The molecule has 0 amide bonds. The zero-order chi connectivity index (χ0) is 24.5. The van der Waals surface area contributed by atoms with E-state index in [9.17, 15) is 19.6 Å². The fourth-order valence-corrected chi connectivity index (χ4v) is 4.25. The highest BCUT2D eigenvalue weighted by molar-refractivity contribution is 7.14. The van der Waals surface area contributed by atoms with E-state index < -0.39 is 17.7 Å². The molecular formula is C24H25NO7S. The van der Waals surface area contributed by atoms with Crippen molar-refractivity contribution in [1.82, 2.24) is 0 Å². The van der Waals surface area contributed by atoms with E-state index in [1.807, 2.05) is 6.07 Å². The molecule has 0 spiro atoms. The Morgan fingerprint density at radius 2 is 1.73 bits per heavy atom. The van der Waals surface area contributed by atoms with Gasteiger partial charge in [0.25, 0.3) is 0 Å². The van der Waals surface area contributed by atoms with Crippen LogP contribution in [0.15, 0.2) is 23.8 Å². The summed E-state index contributed by atoms with van der Waals surface area (Å²) >= 11 is 0.989. The molecule has 1 heterocycles. The monoisotopic (exact) mass is 471 g/mol. The molecule has 0 bridgehead atoms. The van der Waals surface area contributed by atoms with Crippen molar-refractivity contribution < 1.29 is 33.3 Å². The molecule has 0 radical (unpaired) electrons. The standard InChI is InChI=1S/C24H25NO7S/c1-6-31-23(27)21-14(3)22(24(28)32-7-2)33-20(21)12-18(26)16(13-25)10-15-8-9-17(29-4)11-19(15)30-5/h8-11H,6-7,12H2,1-5H3. The number of ketones is 1. The lowest BCUT2D eigenvalue weighted by molar-refractivity contribution is -0.114. The molecule has 0 saturated carbocycles. The average Bonchev–Trinajstić information content (AvgIpc) is 3.13. The van der Waals surface area contributed by atoms with Gasteiger partial charge in [-0.15, -0.1) is 11.3 Å². The van der Waals surface area contributed by atoms with Crippen LogP contribution >= 0.6 is 11.3 Å². The van der Waals surface area contributed by atoms with Crippen LogP contribution in [0.2, 0.25) is 0 Å². The van der Waals surface area contributed by atoms with Gasteiger partial charge in [0.1, 0.15) is 22.4 Å². The number of Topliss-reactive ketones (excluding diaryl/α,β-unsaturated/α-hetero) is 1. The molecule has 174 valence electrons. The summed E-state index contributed by atoms with van der Waals surface area (Å²) < 4.78 is 20.7. The second kappa shape index (κ2) is 11.8. The Bertz CT molecular complexity index is 1120. The molecular weight excluding hydrogens is 446 g/mol. The van der Waals surface area contributed by atoms with E-state index in [-0.39, 0.29) is 35.6 Å². The first-order valence-electron chi connectivity index (χ1n) is 10.1. The van der Waals surface area contributed by atoms with Crippen LogP contribution in [0.25, 0.3) is 6.08 Å². The van der Waals surface area contributed by atoms with Crippen LogP contribution in [-0.4, -0.2) is 45.2 Å². The first kappa shape index (κ1) is 25.6. The Labute approximate surface area is 196 Å². The van der Waals surface area contributed by atoms with Crippen LogP contribution in [0, 0.1) is 18.3 Å². The Hall–Kier alpha value is -3.64. The van der Waals surface area contributed by atoms with Gasteiger partial charge in [-0.05, 0) is 44.5 Å². The number of nitrogens with zero attached hydrogens (tertiary/aromatic N) is 1. The third kappa shape index (κ3) is 5.99. The van der Waals surface area contributed by atoms with E-state index in [1.165, 1.54) is 20.3 Å². The zero-order valence-corrected chi connectivity index (χ0v) is 20.0. The first-order valence-corrected chi connectivity index (χ1v) is 11.0. The number of rotatable bonds is 10. The maximum Gasteiger partial charge on any atom is 0.348 e. The molecule has 0 unspecified atom stereocenters. The fourth-order valence-electron chi connectivity index (χ4n) is 3.07. The van der Waals surface area contributed by atoms with Gasteiger partial charge in [-0.3, -0.25) is 4.79 Å². The normalized spacial score (nSPS) is 10.8. The highest BCUT2D eigenvalue weighted by atomic mass is 32.1. The number of methoxy groups -OCH3 is 2. The molecule has 33 heavy (non-hydrogen) atoms. The largest absolute Gasteiger partial charge is 0.497 e. The topological polar surface area (TPSA) is 112 Å². The summed E-state index contributed by atoms with van der Waals surface area (Å²) in [6.45, 7) is 5.25. The Morgan fingerprint density at radius 1 is 1.06 bits per heavy atom. The third-order valence-electron chi connectivity index (χ3n) is 4.64. The van der Waals surface area contributed by atoms with Gasteiger partial charge in [-0.1, -0.05) is 0 Å². The lowest BCUT2D eigenvalue weighted by Crippen LogP contribution is -2.12. The lowest BCUT2D eigenvalue weighted by atomic mass is 10.0. The number of hydrogen-bond donors (Lipinski definition) is 0. The van der Waals surface area contributed by atoms with Gasteiger partial charge in [0.2, 0.25) is 0 Å². The number of benzene rings is 1. The Balaban J connectivity index is 2.46. The molecule has 0 saturated heterocycles. The number of thiophene rings is 1. The molecule has 2 rings (SSSR count).